The Hall–Kier alpha value is -1.10. The summed E-state index contributed by atoms with van der Waals surface area (Å²) >= 11 is 0. The molecule has 0 aliphatic carbocycles. The lowest BCUT2D eigenvalue weighted by Gasteiger charge is -2.42. The van der Waals surface area contributed by atoms with Crippen LogP contribution in [0.3, 0.4) is 0 Å². The van der Waals surface area contributed by atoms with Crippen LogP contribution in [0, 0.1) is 6.92 Å². The first-order valence-corrected chi connectivity index (χ1v) is 5.87. The Morgan fingerprint density at radius 2 is 2.24 bits per heavy atom. The van der Waals surface area contributed by atoms with Gasteiger partial charge in [0.05, 0.1) is 7.11 Å². The highest BCUT2D eigenvalue weighted by Crippen LogP contribution is 2.24. The number of nitrogens with one attached hydrogen (secondary N) is 1. The second-order valence-corrected chi connectivity index (χ2v) is 4.83. The summed E-state index contributed by atoms with van der Waals surface area (Å²) in [7, 11) is 1.65. The van der Waals surface area contributed by atoms with E-state index in [1.54, 1.807) is 7.11 Å². The van der Waals surface area contributed by atoms with Crippen LogP contribution in [0.15, 0.2) is 18.2 Å². The summed E-state index contributed by atoms with van der Waals surface area (Å²) < 4.78 is 5.31. The molecule has 1 fully saturated rings. The molecule has 2 rings (SSSR count). The highest BCUT2D eigenvalue weighted by molar-refractivity contribution is 5.37. The van der Waals surface area contributed by atoms with Gasteiger partial charge in [-0.05, 0) is 25.0 Å². The van der Waals surface area contributed by atoms with Gasteiger partial charge in [0.1, 0.15) is 11.4 Å². The molecule has 4 heteroatoms. The molecule has 0 radical (unpaired) electrons. The van der Waals surface area contributed by atoms with Crippen LogP contribution < -0.4 is 15.8 Å². The third-order valence-electron chi connectivity index (χ3n) is 3.43. The van der Waals surface area contributed by atoms with Gasteiger partial charge in [-0.3, -0.25) is 0 Å². The van der Waals surface area contributed by atoms with E-state index < -0.39 is 5.60 Å². The minimum Gasteiger partial charge on any atom is -0.496 e. The first-order chi connectivity index (χ1) is 8.05. The van der Waals surface area contributed by atoms with Gasteiger partial charge < -0.3 is 20.9 Å². The Kier molecular flexibility index (Phi) is 3.38. The molecular formula is C13H20N2O2. The fourth-order valence-electron chi connectivity index (χ4n) is 2.14. The molecule has 1 atom stereocenters. The molecular weight excluding hydrogens is 216 g/mol. The SMILES string of the molecule is COc1ccc(C)cc1CC(N)C1(O)CNC1. The van der Waals surface area contributed by atoms with Crippen LogP contribution in [-0.2, 0) is 6.42 Å². The van der Waals surface area contributed by atoms with Gasteiger partial charge in [-0.15, -0.1) is 0 Å². The van der Waals surface area contributed by atoms with Gasteiger partial charge in [-0.1, -0.05) is 17.7 Å². The smallest absolute Gasteiger partial charge is 0.122 e. The number of rotatable bonds is 4. The van der Waals surface area contributed by atoms with E-state index in [0.29, 0.717) is 19.5 Å². The van der Waals surface area contributed by atoms with Gasteiger partial charge in [0.25, 0.3) is 0 Å². The summed E-state index contributed by atoms with van der Waals surface area (Å²) in [5.41, 5.74) is 7.53. The number of benzene rings is 1. The minimum absolute atomic E-state index is 0.264. The second-order valence-electron chi connectivity index (χ2n) is 4.83. The van der Waals surface area contributed by atoms with E-state index in [0.717, 1.165) is 11.3 Å². The van der Waals surface area contributed by atoms with Crippen molar-refractivity contribution < 1.29 is 9.84 Å². The number of methoxy groups -OCH3 is 1. The average Bonchev–Trinajstić information content (AvgIpc) is 2.26. The molecule has 0 aromatic heterocycles. The van der Waals surface area contributed by atoms with E-state index >= 15 is 0 Å². The molecule has 1 aromatic rings. The van der Waals surface area contributed by atoms with Crippen molar-refractivity contribution in [2.45, 2.75) is 25.0 Å². The second kappa shape index (κ2) is 4.64. The number of hydrogen-bond donors (Lipinski definition) is 3. The van der Waals surface area contributed by atoms with Gasteiger partial charge in [0.15, 0.2) is 0 Å². The molecule has 1 aliphatic rings. The van der Waals surface area contributed by atoms with Crippen LogP contribution in [0.2, 0.25) is 0 Å². The lowest BCUT2D eigenvalue weighted by atomic mass is 9.84. The van der Waals surface area contributed by atoms with Crippen molar-refractivity contribution in [3.05, 3.63) is 29.3 Å². The molecule has 0 bridgehead atoms. The highest BCUT2D eigenvalue weighted by atomic mass is 16.5. The number of nitrogens with two attached hydrogens (primary N) is 1. The normalized spacial score (nSPS) is 19.5. The Morgan fingerprint density at radius 3 is 2.76 bits per heavy atom. The molecule has 1 saturated heterocycles. The Morgan fingerprint density at radius 1 is 1.53 bits per heavy atom. The van der Waals surface area contributed by atoms with Crippen molar-refractivity contribution in [3.63, 3.8) is 0 Å². The van der Waals surface area contributed by atoms with E-state index in [-0.39, 0.29) is 6.04 Å². The van der Waals surface area contributed by atoms with Crippen molar-refractivity contribution in [2.75, 3.05) is 20.2 Å². The molecule has 1 unspecified atom stereocenters. The van der Waals surface area contributed by atoms with Gasteiger partial charge >= 0.3 is 0 Å². The zero-order valence-corrected chi connectivity index (χ0v) is 10.4. The minimum atomic E-state index is -0.769. The van der Waals surface area contributed by atoms with Crippen molar-refractivity contribution in [1.82, 2.24) is 5.32 Å². The number of aryl methyl sites for hydroxylation is 1. The molecule has 0 saturated carbocycles. The zero-order valence-electron chi connectivity index (χ0n) is 10.4. The standard InChI is InChI=1S/C13H20N2O2/c1-9-3-4-11(17-2)10(5-9)6-12(14)13(16)7-15-8-13/h3-5,12,15-16H,6-8,14H2,1-2H3. The lowest BCUT2D eigenvalue weighted by Crippen LogP contribution is -2.68. The molecule has 17 heavy (non-hydrogen) atoms. The summed E-state index contributed by atoms with van der Waals surface area (Å²) in [5, 5.41) is 13.2. The van der Waals surface area contributed by atoms with Crippen molar-refractivity contribution >= 4 is 0 Å². The summed E-state index contributed by atoms with van der Waals surface area (Å²) in [6.45, 7) is 3.18. The fourth-order valence-corrected chi connectivity index (χ4v) is 2.14. The Labute approximate surface area is 102 Å². The van der Waals surface area contributed by atoms with E-state index in [4.69, 9.17) is 10.5 Å². The van der Waals surface area contributed by atoms with Gasteiger partial charge in [0.2, 0.25) is 0 Å². The molecule has 0 amide bonds. The lowest BCUT2D eigenvalue weighted by molar-refractivity contribution is -0.0322. The predicted molar refractivity (Wildman–Crippen MR) is 67.2 cm³/mol. The molecule has 4 nitrogen and oxygen atoms in total. The first-order valence-electron chi connectivity index (χ1n) is 5.87. The average molecular weight is 236 g/mol. The van der Waals surface area contributed by atoms with Gasteiger partial charge in [-0.2, -0.15) is 0 Å². The number of ether oxygens (including phenoxy) is 1. The van der Waals surface area contributed by atoms with Crippen LogP contribution in [0.25, 0.3) is 0 Å². The van der Waals surface area contributed by atoms with Gasteiger partial charge in [0, 0.05) is 19.1 Å². The Balaban J connectivity index is 2.14. The van der Waals surface area contributed by atoms with Crippen LogP contribution in [0.5, 0.6) is 5.75 Å². The van der Waals surface area contributed by atoms with Crippen LogP contribution in [0.1, 0.15) is 11.1 Å². The third kappa shape index (κ3) is 2.44. The molecule has 94 valence electrons. The van der Waals surface area contributed by atoms with E-state index in [2.05, 4.69) is 11.4 Å². The number of aliphatic hydroxyl groups is 1. The maximum absolute atomic E-state index is 10.1. The molecule has 1 aromatic carbocycles. The molecule has 0 spiro atoms. The first kappa shape index (κ1) is 12.4. The van der Waals surface area contributed by atoms with E-state index in [1.165, 1.54) is 5.56 Å². The number of β-amino-alcohol motifs (C(OH)–C–C–N with tert-alkyl or cyclic N) is 1. The molecule has 1 aliphatic heterocycles. The largest absolute Gasteiger partial charge is 0.496 e. The Bertz CT molecular complexity index is 402. The van der Waals surface area contributed by atoms with Crippen LogP contribution in [-0.4, -0.2) is 36.9 Å². The number of hydrogen-bond acceptors (Lipinski definition) is 4. The van der Waals surface area contributed by atoms with Crippen LogP contribution in [0.4, 0.5) is 0 Å². The third-order valence-corrected chi connectivity index (χ3v) is 3.43. The van der Waals surface area contributed by atoms with Crippen molar-refractivity contribution in [2.24, 2.45) is 5.73 Å². The predicted octanol–water partition coefficient (Wildman–Crippen LogP) is 0.208. The summed E-state index contributed by atoms with van der Waals surface area (Å²) in [5.74, 6) is 0.835. The quantitative estimate of drug-likeness (QED) is 0.699. The summed E-state index contributed by atoms with van der Waals surface area (Å²) in [6, 6.07) is 5.75. The summed E-state index contributed by atoms with van der Waals surface area (Å²) in [4.78, 5) is 0. The van der Waals surface area contributed by atoms with Gasteiger partial charge in [-0.25, -0.2) is 0 Å². The fraction of sp³-hybridized carbons (Fsp3) is 0.538. The maximum atomic E-state index is 10.1. The van der Waals surface area contributed by atoms with E-state index in [1.807, 2.05) is 19.1 Å². The topological polar surface area (TPSA) is 67.5 Å². The molecule has 4 N–H and O–H groups in total. The maximum Gasteiger partial charge on any atom is 0.122 e. The monoisotopic (exact) mass is 236 g/mol. The zero-order chi connectivity index (χ0) is 12.5. The molecule has 1 heterocycles. The highest BCUT2D eigenvalue weighted by Gasteiger charge is 2.40. The van der Waals surface area contributed by atoms with Crippen molar-refractivity contribution in [3.8, 4) is 5.75 Å². The van der Waals surface area contributed by atoms with Crippen molar-refractivity contribution in [1.29, 1.82) is 0 Å². The van der Waals surface area contributed by atoms with E-state index in [9.17, 15) is 5.11 Å². The van der Waals surface area contributed by atoms with Crippen LogP contribution >= 0.6 is 0 Å². The summed E-state index contributed by atoms with van der Waals surface area (Å²) in [6.07, 6.45) is 0.628.